The predicted octanol–water partition coefficient (Wildman–Crippen LogP) is 9.55. The number of hydrogen-bond acceptors (Lipinski definition) is 4. The molecule has 0 heterocycles. The molecule has 0 unspecified atom stereocenters. The first-order valence-electron chi connectivity index (χ1n) is 18.5. The minimum absolute atomic E-state index is 0.147. The summed E-state index contributed by atoms with van der Waals surface area (Å²) in [5.41, 5.74) is 7.11. The summed E-state index contributed by atoms with van der Waals surface area (Å²) in [5, 5.41) is 5.92. The maximum Gasteiger partial charge on any atom is 0.657 e. The van der Waals surface area contributed by atoms with Gasteiger partial charge in [0, 0.05) is 28.1 Å². The van der Waals surface area contributed by atoms with Crippen LogP contribution in [0.2, 0.25) is 0 Å². The van der Waals surface area contributed by atoms with Crippen LogP contribution < -0.4 is 20.1 Å². The zero-order valence-corrected chi connectivity index (χ0v) is 32.5. The molecule has 8 nitrogen and oxygen atoms in total. The van der Waals surface area contributed by atoms with Gasteiger partial charge in [-0.3, -0.25) is 9.59 Å². The van der Waals surface area contributed by atoms with Gasteiger partial charge in [0.2, 0.25) is 0 Å². The molecule has 2 amide bonds. The summed E-state index contributed by atoms with van der Waals surface area (Å²) in [6, 6.07) is 45.9. The van der Waals surface area contributed by atoms with E-state index in [9.17, 15) is 9.59 Å². The first-order chi connectivity index (χ1) is 26.3. The number of hydrogen-bond donors (Lipinski definition) is 2. The molecule has 9 heteroatoms. The molecule has 0 aromatic heterocycles. The summed E-state index contributed by atoms with van der Waals surface area (Å²) in [7, 11) is 12.0. The lowest BCUT2D eigenvalue weighted by Crippen LogP contribution is -2.56. The van der Waals surface area contributed by atoms with Gasteiger partial charge in [-0.1, -0.05) is 55.5 Å². The molecule has 6 aromatic rings. The highest BCUT2D eigenvalue weighted by Gasteiger charge is 2.31. The molecule has 0 aliphatic heterocycles. The summed E-state index contributed by atoms with van der Waals surface area (Å²) in [6.45, 7) is 2.98. The Hall–Kier alpha value is -6.16. The lowest BCUT2D eigenvalue weighted by molar-refractivity contribution is -0.888. The lowest BCUT2D eigenvalue weighted by Gasteiger charge is -2.34. The molecule has 278 valence electrons. The Morgan fingerprint density at radius 2 is 0.836 bits per heavy atom. The van der Waals surface area contributed by atoms with Crippen molar-refractivity contribution in [2.24, 2.45) is 0 Å². The van der Waals surface area contributed by atoms with Gasteiger partial charge in [0.05, 0.1) is 41.8 Å². The van der Waals surface area contributed by atoms with Crippen LogP contribution in [0.4, 0.5) is 11.4 Å². The van der Waals surface area contributed by atoms with Gasteiger partial charge in [-0.05, 0) is 120 Å². The molecule has 0 radical (unpaired) electrons. The first kappa shape index (κ1) is 38.6. The minimum atomic E-state index is -0.152. The number of anilines is 2. The molecule has 0 aliphatic rings. The number of aryl methyl sites for hydroxylation is 1. The van der Waals surface area contributed by atoms with E-state index in [2.05, 4.69) is 52.8 Å². The van der Waals surface area contributed by atoms with E-state index in [0.29, 0.717) is 45.5 Å². The number of rotatable bonds is 14. The van der Waals surface area contributed by atoms with Crippen molar-refractivity contribution in [3.05, 3.63) is 168 Å². The average molecular weight is 733 g/mol. The molecular formula is C46H49BN4O4+2. The van der Waals surface area contributed by atoms with Crippen LogP contribution in [0.15, 0.2) is 146 Å². The highest BCUT2D eigenvalue weighted by molar-refractivity contribution is 6.16. The van der Waals surface area contributed by atoms with Gasteiger partial charge in [0.15, 0.2) is 0 Å². The van der Waals surface area contributed by atoms with Gasteiger partial charge in [0.25, 0.3) is 11.8 Å². The molecule has 6 rings (SSSR count). The van der Waals surface area contributed by atoms with E-state index in [1.807, 2.05) is 146 Å². The molecule has 0 saturated carbocycles. The maximum absolute atomic E-state index is 12.9. The van der Waals surface area contributed by atoms with Gasteiger partial charge in [-0.25, -0.2) is 0 Å². The number of carbonyl (C=O) groups is 2. The minimum Gasteiger partial charge on any atom is -0.457 e. The van der Waals surface area contributed by atoms with Crippen molar-refractivity contribution >= 4 is 30.7 Å². The Morgan fingerprint density at radius 1 is 0.491 bits per heavy atom. The topological polar surface area (TPSA) is 76.7 Å². The fourth-order valence-electron chi connectivity index (χ4n) is 6.67. The molecule has 0 fully saturated rings. The standard InChI is InChI=1S/C46H47BN4O4/c1-7-33-8-12-37(13-9-33)45(52)48-39-20-28-43(29-21-39)54-41-24-16-35(17-25-41)36-18-26-42(27-19-36)55-44-30-22-40(23-31-44)49-46(53)38-14-10-34(11-15-38)32-51(5,6)47-50(2,3)4/h8-31,47H,7,32H2,1-6H3/p+2. The van der Waals surface area contributed by atoms with Crippen molar-refractivity contribution in [1.82, 2.24) is 0 Å². The summed E-state index contributed by atoms with van der Waals surface area (Å²) in [4.78, 5) is 25.6. The van der Waals surface area contributed by atoms with Crippen molar-refractivity contribution in [3.63, 3.8) is 0 Å². The van der Waals surface area contributed by atoms with E-state index in [0.717, 1.165) is 40.4 Å². The van der Waals surface area contributed by atoms with E-state index in [1.54, 1.807) is 0 Å². The summed E-state index contributed by atoms with van der Waals surface area (Å²) < 4.78 is 13.9. The molecule has 55 heavy (non-hydrogen) atoms. The highest BCUT2D eigenvalue weighted by atomic mass is 16.5. The van der Waals surface area contributed by atoms with Crippen LogP contribution in [-0.2, 0) is 13.0 Å². The van der Waals surface area contributed by atoms with Crippen molar-refractivity contribution in [1.29, 1.82) is 0 Å². The van der Waals surface area contributed by atoms with Crippen molar-refractivity contribution in [2.75, 3.05) is 45.9 Å². The van der Waals surface area contributed by atoms with E-state index in [1.165, 1.54) is 11.1 Å². The largest absolute Gasteiger partial charge is 0.657 e. The highest BCUT2D eigenvalue weighted by Crippen LogP contribution is 2.30. The zero-order chi connectivity index (χ0) is 39.0. The smallest absolute Gasteiger partial charge is 0.457 e. The van der Waals surface area contributed by atoms with Crippen molar-refractivity contribution in [3.8, 4) is 34.1 Å². The molecule has 6 aromatic carbocycles. The summed E-state index contributed by atoms with van der Waals surface area (Å²) in [5.74, 6) is 2.46. The SMILES string of the molecule is CCc1ccc(C(=O)Nc2ccc(Oc3ccc(-c4ccc(Oc5ccc(NC(=O)c6ccc(C[N+](C)(C)B[N+](C)(C)C)cc6)cc5)cc4)cc3)cc2)cc1. The van der Waals surface area contributed by atoms with Crippen LogP contribution in [0.1, 0.15) is 38.8 Å². The number of quaternary nitrogens is 2. The summed E-state index contributed by atoms with van der Waals surface area (Å²) >= 11 is 0. The number of benzene rings is 6. The molecule has 2 N–H and O–H groups in total. The number of nitrogens with zero attached hydrogens (tertiary/aromatic N) is 2. The quantitative estimate of drug-likeness (QED) is 0.109. The van der Waals surface area contributed by atoms with Crippen molar-refractivity contribution in [2.45, 2.75) is 19.9 Å². The van der Waals surface area contributed by atoms with Crippen LogP contribution in [0.25, 0.3) is 11.1 Å². The molecule has 0 aliphatic carbocycles. The van der Waals surface area contributed by atoms with Gasteiger partial charge in [-0.2, -0.15) is 0 Å². The van der Waals surface area contributed by atoms with Crippen LogP contribution in [0.5, 0.6) is 23.0 Å². The molecule has 0 spiro atoms. The maximum atomic E-state index is 12.9. The second-order valence-electron chi connectivity index (χ2n) is 15.5. The third kappa shape index (κ3) is 11.2. The molecular weight excluding hydrogens is 683 g/mol. The molecule has 0 saturated heterocycles. The summed E-state index contributed by atoms with van der Waals surface area (Å²) in [6.07, 6.45) is 0.935. The predicted molar refractivity (Wildman–Crippen MR) is 224 cm³/mol. The van der Waals surface area contributed by atoms with Crippen LogP contribution >= 0.6 is 0 Å². The van der Waals surface area contributed by atoms with Crippen LogP contribution in [-0.4, -0.2) is 63.4 Å². The van der Waals surface area contributed by atoms with Crippen LogP contribution in [0, 0.1) is 0 Å². The number of nitrogens with one attached hydrogen (secondary N) is 2. The second-order valence-corrected chi connectivity index (χ2v) is 15.5. The van der Waals surface area contributed by atoms with E-state index in [4.69, 9.17) is 9.47 Å². The van der Waals surface area contributed by atoms with Gasteiger partial charge in [-0.15, -0.1) is 0 Å². The Balaban J connectivity index is 0.969. The number of carbonyl (C=O) groups excluding carboxylic acids is 2. The fourth-order valence-corrected chi connectivity index (χ4v) is 6.67. The van der Waals surface area contributed by atoms with Gasteiger partial charge >= 0.3 is 7.55 Å². The fraction of sp³-hybridized carbons (Fsp3) is 0.174. The first-order valence-corrected chi connectivity index (χ1v) is 18.5. The van der Waals surface area contributed by atoms with Crippen LogP contribution in [0.3, 0.4) is 0 Å². The monoisotopic (exact) mass is 732 g/mol. The number of ether oxygens (including phenoxy) is 2. The lowest BCUT2D eigenvalue weighted by atomic mass is 9.97. The second kappa shape index (κ2) is 16.9. The zero-order valence-electron chi connectivity index (χ0n) is 32.5. The Bertz CT molecular complexity index is 2200. The van der Waals surface area contributed by atoms with E-state index >= 15 is 0 Å². The molecule has 0 atom stereocenters. The van der Waals surface area contributed by atoms with E-state index in [-0.39, 0.29) is 11.8 Å². The normalized spacial score (nSPS) is 11.4. The van der Waals surface area contributed by atoms with E-state index < -0.39 is 0 Å². The Labute approximate surface area is 325 Å². The van der Waals surface area contributed by atoms with Gasteiger partial charge in [0.1, 0.15) is 23.0 Å². The third-order valence-corrected chi connectivity index (χ3v) is 9.00. The Morgan fingerprint density at radius 3 is 1.18 bits per heavy atom. The van der Waals surface area contributed by atoms with Crippen molar-refractivity contribution < 1.29 is 27.9 Å². The average Bonchev–Trinajstić information content (AvgIpc) is 3.16. The Kier molecular flexibility index (Phi) is 11.8. The van der Waals surface area contributed by atoms with Gasteiger partial charge < -0.3 is 28.9 Å². The molecule has 0 bridgehead atoms. The number of amides is 2. The third-order valence-electron chi connectivity index (χ3n) is 9.00.